The number of nitrogens with one attached hydrogen (secondary N) is 1. The Morgan fingerprint density at radius 2 is 2.12 bits per heavy atom. The molecular formula is C24H29N7O3. The van der Waals surface area contributed by atoms with Crippen molar-refractivity contribution in [1.29, 1.82) is 5.26 Å². The fourth-order valence-electron chi connectivity index (χ4n) is 4.20. The first-order valence-electron chi connectivity index (χ1n) is 11.4. The summed E-state index contributed by atoms with van der Waals surface area (Å²) in [6.45, 7) is 8.82. The molecule has 0 atom stereocenters. The molecule has 0 spiro atoms. The van der Waals surface area contributed by atoms with Crippen LogP contribution in [0.1, 0.15) is 18.4 Å². The van der Waals surface area contributed by atoms with Crippen LogP contribution in [0.15, 0.2) is 58.3 Å². The van der Waals surface area contributed by atoms with Crippen LogP contribution in [0, 0.1) is 11.3 Å². The van der Waals surface area contributed by atoms with Gasteiger partial charge < -0.3 is 30.1 Å². The fraction of sp³-hybridized carbons (Fsp3) is 0.417. The number of hydrazone groups is 1. The van der Waals surface area contributed by atoms with Gasteiger partial charge in [0, 0.05) is 37.9 Å². The Kier molecular flexibility index (Phi) is 7.57. The number of piperidine rings is 1. The lowest BCUT2D eigenvalue weighted by molar-refractivity contribution is 0.116. The van der Waals surface area contributed by atoms with E-state index < -0.39 is 0 Å². The van der Waals surface area contributed by atoms with Crippen LogP contribution in [0.4, 0.5) is 0 Å². The second-order valence-corrected chi connectivity index (χ2v) is 8.36. The van der Waals surface area contributed by atoms with Gasteiger partial charge >= 0.3 is 0 Å². The SMILES string of the molecule is C=C(/C=C1/OCCO/C1=N/N)CNC1CCN(CCn2c(=O)ccc3ncc(C#N)cc32)CC1. The van der Waals surface area contributed by atoms with Crippen molar-refractivity contribution in [1.82, 2.24) is 19.8 Å². The quantitative estimate of drug-likeness (QED) is 0.461. The maximum atomic E-state index is 12.5. The van der Waals surface area contributed by atoms with E-state index in [1.165, 1.54) is 12.3 Å². The van der Waals surface area contributed by atoms with Crippen LogP contribution in [0.5, 0.6) is 0 Å². The van der Waals surface area contributed by atoms with Crippen molar-refractivity contribution in [3.8, 4) is 6.07 Å². The maximum Gasteiger partial charge on any atom is 0.273 e. The molecule has 0 aromatic carbocycles. The van der Waals surface area contributed by atoms with Crippen LogP contribution in [-0.4, -0.2) is 65.8 Å². The second kappa shape index (κ2) is 11.0. The number of pyridine rings is 2. The van der Waals surface area contributed by atoms with Crippen LogP contribution >= 0.6 is 0 Å². The molecule has 2 aromatic rings. The van der Waals surface area contributed by atoms with Crippen LogP contribution in [0.3, 0.4) is 0 Å². The number of aromatic nitrogens is 2. The Bertz CT molecular complexity index is 1200. The van der Waals surface area contributed by atoms with E-state index in [0.717, 1.165) is 38.0 Å². The van der Waals surface area contributed by atoms with Gasteiger partial charge in [-0.25, -0.2) is 0 Å². The van der Waals surface area contributed by atoms with E-state index >= 15 is 0 Å². The zero-order valence-corrected chi connectivity index (χ0v) is 19.1. The van der Waals surface area contributed by atoms with Crippen molar-refractivity contribution in [3.63, 3.8) is 0 Å². The minimum atomic E-state index is -0.0799. The summed E-state index contributed by atoms with van der Waals surface area (Å²) in [6.07, 6.45) is 5.34. The highest BCUT2D eigenvalue weighted by Gasteiger charge is 2.20. The summed E-state index contributed by atoms with van der Waals surface area (Å²) < 4.78 is 12.6. The monoisotopic (exact) mass is 463 g/mol. The number of likely N-dealkylation sites (tertiary alicyclic amines) is 1. The number of fused-ring (bicyclic) bond motifs is 1. The topological polar surface area (TPSA) is 131 Å². The Morgan fingerprint density at radius 1 is 1.32 bits per heavy atom. The lowest BCUT2D eigenvalue weighted by atomic mass is 10.0. The van der Waals surface area contributed by atoms with Gasteiger partial charge in [-0.1, -0.05) is 6.58 Å². The summed E-state index contributed by atoms with van der Waals surface area (Å²) in [6, 6.07) is 7.45. The van der Waals surface area contributed by atoms with Gasteiger partial charge in [-0.05, 0) is 49.7 Å². The van der Waals surface area contributed by atoms with Gasteiger partial charge in [-0.2, -0.15) is 5.26 Å². The van der Waals surface area contributed by atoms with E-state index in [0.29, 0.717) is 60.6 Å². The second-order valence-electron chi connectivity index (χ2n) is 8.36. The molecule has 0 amide bonds. The van der Waals surface area contributed by atoms with Crippen LogP contribution in [0.25, 0.3) is 11.0 Å². The van der Waals surface area contributed by atoms with Crippen LogP contribution < -0.4 is 16.7 Å². The standard InChI is InChI=1S/C24H29N7O3/c1-17(12-22-24(29-26)34-11-10-33-22)15-27-19-4-6-30(7-5-19)8-9-31-21-13-18(14-25)16-28-20(21)2-3-23(31)32/h2-3,12-13,16,19,27H,1,4-11,15,26H2/b22-12+,29-24+. The minimum Gasteiger partial charge on any atom is -0.484 e. The van der Waals surface area contributed by atoms with Gasteiger partial charge in [0.05, 0.1) is 16.6 Å². The minimum absolute atomic E-state index is 0.0799. The molecule has 178 valence electrons. The number of nitrogens with two attached hydrogens (primary N) is 1. The molecule has 0 radical (unpaired) electrons. The summed E-state index contributed by atoms with van der Waals surface area (Å²) in [4.78, 5) is 19.1. The highest BCUT2D eigenvalue weighted by molar-refractivity contribution is 5.92. The molecule has 10 heteroatoms. The Morgan fingerprint density at radius 3 is 2.88 bits per heavy atom. The predicted octanol–water partition coefficient (Wildman–Crippen LogP) is 1.08. The third-order valence-corrected chi connectivity index (χ3v) is 6.06. The van der Waals surface area contributed by atoms with Crippen molar-refractivity contribution in [2.45, 2.75) is 25.4 Å². The highest BCUT2D eigenvalue weighted by atomic mass is 16.6. The number of hydrogen-bond donors (Lipinski definition) is 2. The fourth-order valence-corrected chi connectivity index (χ4v) is 4.20. The number of ether oxygens (including phenoxy) is 2. The lowest BCUT2D eigenvalue weighted by Gasteiger charge is -2.32. The van der Waals surface area contributed by atoms with Gasteiger partial charge in [0.25, 0.3) is 11.5 Å². The third kappa shape index (κ3) is 5.62. The summed E-state index contributed by atoms with van der Waals surface area (Å²) in [5.41, 5.74) is 2.65. The molecule has 2 aliphatic heterocycles. The van der Waals surface area contributed by atoms with Gasteiger partial charge in [0.15, 0.2) is 5.76 Å². The molecule has 0 saturated carbocycles. The van der Waals surface area contributed by atoms with Crippen molar-refractivity contribution in [3.05, 3.63) is 64.3 Å². The Balaban J connectivity index is 1.27. The van der Waals surface area contributed by atoms with Crippen molar-refractivity contribution in [2.75, 3.05) is 39.4 Å². The summed E-state index contributed by atoms with van der Waals surface area (Å²) in [5.74, 6) is 6.15. The van der Waals surface area contributed by atoms with Gasteiger partial charge in [0.2, 0.25) is 0 Å². The van der Waals surface area contributed by atoms with Crippen molar-refractivity contribution < 1.29 is 9.47 Å². The third-order valence-electron chi connectivity index (χ3n) is 6.06. The molecule has 2 fully saturated rings. The zero-order valence-electron chi connectivity index (χ0n) is 19.1. The van der Waals surface area contributed by atoms with E-state index in [9.17, 15) is 10.1 Å². The maximum absolute atomic E-state index is 12.5. The van der Waals surface area contributed by atoms with E-state index in [1.807, 2.05) is 6.08 Å². The highest BCUT2D eigenvalue weighted by Crippen LogP contribution is 2.15. The molecule has 34 heavy (non-hydrogen) atoms. The van der Waals surface area contributed by atoms with Crippen molar-refractivity contribution >= 4 is 16.9 Å². The first-order valence-corrected chi connectivity index (χ1v) is 11.4. The molecule has 2 aromatic heterocycles. The summed E-state index contributed by atoms with van der Waals surface area (Å²) in [7, 11) is 0. The summed E-state index contributed by atoms with van der Waals surface area (Å²) >= 11 is 0. The normalized spacial score (nSPS) is 19.6. The Hall–Kier alpha value is -3.68. The zero-order chi connectivity index (χ0) is 23.9. The molecule has 0 bridgehead atoms. The number of hydrogen-bond acceptors (Lipinski definition) is 9. The van der Waals surface area contributed by atoms with E-state index in [4.69, 9.17) is 15.3 Å². The number of nitrogens with zero attached hydrogens (tertiary/aromatic N) is 5. The van der Waals surface area contributed by atoms with E-state index in [2.05, 4.69) is 33.0 Å². The molecular weight excluding hydrogens is 434 g/mol. The molecule has 3 N–H and O–H groups in total. The van der Waals surface area contributed by atoms with Gasteiger partial charge in [0.1, 0.15) is 19.3 Å². The summed E-state index contributed by atoms with van der Waals surface area (Å²) in [5, 5.41) is 16.3. The predicted molar refractivity (Wildman–Crippen MR) is 129 cm³/mol. The number of rotatable bonds is 7. The number of nitriles is 1. The Labute approximate surface area is 198 Å². The molecule has 0 unspecified atom stereocenters. The van der Waals surface area contributed by atoms with E-state index in [-0.39, 0.29) is 5.56 Å². The molecule has 2 saturated heterocycles. The molecule has 2 aliphatic rings. The van der Waals surface area contributed by atoms with Crippen LogP contribution in [-0.2, 0) is 16.0 Å². The first-order chi connectivity index (χ1) is 16.6. The smallest absolute Gasteiger partial charge is 0.273 e. The molecule has 0 aliphatic carbocycles. The molecule has 4 heterocycles. The van der Waals surface area contributed by atoms with E-state index in [1.54, 1.807) is 16.7 Å². The average molecular weight is 464 g/mol. The average Bonchev–Trinajstić information content (AvgIpc) is 2.87. The first kappa shape index (κ1) is 23.5. The largest absolute Gasteiger partial charge is 0.484 e. The van der Waals surface area contributed by atoms with Crippen molar-refractivity contribution in [2.24, 2.45) is 10.9 Å². The van der Waals surface area contributed by atoms with Gasteiger partial charge in [-0.15, -0.1) is 5.10 Å². The molecule has 10 nitrogen and oxygen atoms in total. The molecule has 4 rings (SSSR count). The van der Waals surface area contributed by atoms with Gasteiger partial charge in [-0.3, -0.25) is 9.78 Å². The lowest BCUT2D eigenvalue weighted by Crippen LogP contribution is -2.44. The van der Waals surface area contributed by atoms with Crippen LogP contribution in [0.2, 0.25) is 0 Å².